The van der Waals surface area contributed by atoms with Crippen LogP contribution in [0.5, 0.6) is 0 Å². The van der Waals surface area contributed by atoms with E-state index in [1.807, 2.05) is 39.1 Å². The second-order valence-corrected chi connectivity index (χ2v) is 4.44. The van der Waals surface area contributed by atoms with Gasteiger partial charge in [0.1, 0.15) is 0 Å². The van der Waals surface area contributed by atoms with E-state index in [0.29, 0.717) is 6.42 Å². The molecule has 3 unspecified atom stereocenters. The quantitative estimate of drug-likeness (QED) is 0.839. The summed E-state index contributed by atoms with van der Waals surface area (Å²) in [6.07, 6.45) is 2.26. The second kappa shape index (κ2) is 6.33. The third-order valence-electron chi connectivity index (χ3n) is 3.01. The number of aromatic nitrogens is 1. The average Bonchev–Trinajstić information content (AvgIpc) is 2.30. The normalized spacial score (nSPS) is 16.2. The van der Waals surface area contributed by atoms with Gasteiger partial charge in [0, 0.05) is 18.3 Å². The first-order chi connectivity index (χ1) is 8.07. The van der Waals surface area contributed by atoms with Crippen LogP contribution in [-0.2, 0) is 0 Å². The summed E-state index contributed by atoms with van der Waals surface area (Å²) in [4.78, 5) is 6.48. The molecule has 2 N–H and O–H groups in total. The summed E-state index contributed by atoms with van der Waals surface area (Å²) in [7, 11) is 1.99. The third kappa shape index (κ3) is 3.52. The Hall–Kier alpha value is -1.44. The summed E-state index contributed by atoms with van der Waals surface area (Å²) in [6, 6.07) is 8.19. The van der Waals surface area contributed by atoms with Crippen molar-refractivity contribution in [1.29, 1.82) is 5.26 Å². The maximum atomic E-state index is 8.75. The third-order valence-corrected chi connectivity index (χ3v) is 3.01. The first-order valence-corrected chi connectivity index (χ1v) is 5.83. The number of likely N-dealkylation sites (N-methyl/N-ethyl adjacent to an activating group) is 1. The molecule has 0 spiro atoms. The molecule has 1 rings (SSSR count). The molecule has 0 aliphatic heterocycles. The fourth-order valence-electron chi connectivity index (χ4n) is 1.95. The van der Waals surface area contributed by atoms with Crippen molar-refractivity contribution in [2.45, 2.75) is 38.4 Å². The van der Waals surface area contributed by atoms with Crippen molar-refractivity contribution in [2.75, 3.05) is 7.05 Å². The van der Waals surface area contributed by atoms with Crippen LogP contribution in [0.2, 0.25) is 0 Å². The number of nitrogens with two attached hydrogens (primary N) is 1. The van der Waals surface area contributed by atoms with Gasteiger partial charge in [-0.2, -0.15) is 5.26 Å². The van der Waals surface area contributed by atoms with E-state index in [1.54, 1.807) is 6.20 Å². The van der Waals surface area contributed by atoms with Gasteiger partial charge < -0.3 is 5.73 Å². The van der Waals surface area contributed by atoms with Gasteiger partial charge in [0.25, 0.3) is 0 Å². The number of rotatable bonds is 5. The van der Waals surface area contributed by atoms with Gasteiger partial charge in [-0.3, -0.25) is 9.88 Å². The topological polar surface area (TPSA) is 65.9 Å². The summed E-state index contributed by atoms with van der Waals surface area (Å²) >= 11 is 0. The van der Waals surface area contributed by atoms with E-state index in [4.69, 9.17) is 11.0 Å². The van der Waals surface area contributed by atoms with Crippen molar-refractivity contribution < 1.29 is 0 Å². The summed E-state index contributed by atoms with van der Waals surface area (Å²) < 4.78 is 0. The molecule has 1 aromatic heterocycles. The van der Waals surface area contributed by atoms with Crippen LogP contribution in [0.1, 0.15) is 32.0 Å². The minimum atomic E-state index is -0.0314. The molecule has 0 saturated heterocycles. The molecule has 0 aliphatic carbocycles. The van der Waals surface area contributed by atoms with Crippen LogP contribution in [0.25, 0.3) is 0 Å². The van der Waals surface area contributed by atoms with Crippen LogP contribution < -0.4 is 5.73 Å². The highest BCUT2D eigenvalue weighted by Gasteiger charge is 2.25. The summed E-state index contributed by atoms with van der Waals surface area (Å²) in [5.74, 6) is 0. The van der Waals surface area contributed by atoms with Crippen LogP contribution >= 0.6 is 0 Å². The molecule has 0 fully saturated rings. The van der Waals surface area contributed by atoms with E-state index >= 15 is 0 Å². The molecule has 0 aromatic carbocycles. The van der Waals surface area contributed by atoms with E-state index in [1.165, 1.54) is 0 Å². The standard InChI is InChI=1S/C13H20N4/c1-10(7-8-14)17(3)13(11(2)15)12-6-4-5-9-16-12/h4-6,9-11,13H,7,15H2,1-3H3. The summed E-state index contributed by atoms with van der Waals surface area (Å²) in [6.45, 7) is 4.00. The molecule has 4 heteroatoms. The summed E-state index contributed by atoms with van der Waals surface area (Å²) in [5, 5.41) is 8.75. The molecule has 0 bridgehead atoms. The number of nitriles is 1. The van der Waals surface area contributed by atoms with Gasteiger partial charge >= 0.3 is 0 Å². The van der Waals surface area contributed by atoms with Crippen molar-refractivity contribution in [3.05, 3.63) is 30.1 Å². The van der Waals surface area contributed by atoms with Crippen LogP contribution in [0, 0.1) is 11.3 Å². The van der Waals surface area contributed by atoms with Gasteiger partial charge in [-0.1, -0.05) is 6.07 Å². The lowest BCUT2D eigenvalue weighted by Gasteiger charge is -2.34. The second-order valence-electron chi connectivity index (χ2n) is 4.44. The van der Waals surface area contributed by atoms with Gasteiger partial charge in [0.15, 0.2) is 0 Å². The molecular formula is C13H20N4. The molecule has 0 aliphatic rings. The Bertz CT molecular complexity index is 369. The Labute approximate surface area is 103 Å². The predicted octanol–water partition coefficient (Wildman–Crippen LogP) is 1.70. The maximum absolute atomic E-state index is 8.75. The number of nitrogens with zero attached hydrogens (tertiary/aromatic N) is 3. The molecule has 0 saturated carbocycles. The monoisotopic (exact) mass is 232 g/mol. The Morgan fingerprint density at radius 1 is 1.47 bits per heavy atom. The molecule has 1 aromatic rings. The minimum absolute atomic E-state index is 0.0314. The molecule has 3 atom stereocenters. The summed E-state index contributed by atoms with van der Waals surface area (Å²) in [5.41, 5.74) is 6.99. The number of hydrogen-bond acceptors (Lipinski definition) is 4. The first kappa shape index (κ1) is 13.6. The number of pyridine rings is 1. The zero-order valence-corrected chi connectivity index (χ0v) is 10.7. The van der Waals surface area contributed by atoms with Crippen molar-refractivity contribution in [1.82, 2.24) is 9.88 Å². The highest BCUT2D eigenvalue weighted by molar-refractivity contribution is 5.11. The first-order valence-electron chi connectivity index (χ1n) is 5.83. The predicted molar refractivity (Wildman–Crippen MR) is 68.1 cm³/mol. The maximum Gasteiger partial charge on any atom is 0.0671 e. The van der Waals surface area contributed by atoms with Gasteiger partial charge in [-0.25, -0.2) is 0 Å². The van der Waals surface area contributed by atoms with Gasteiger partial charge in [0.2, 0.25) is 0 Å². The molecule has 0 radical (unpaired) electrons. The van der Waals surface area contributed by atoms with Gasteiger partial charge in [0.05, 0.1) is 24.2 Å². The molecular weight excluding hydrogens is 212 g/mol. The highest BCUT2D eigenvalue weighted by atomic mass is 15.2. The fraction of sp³-hybridized carbons (Fsp3) is 0.538. The van der Waals surface area contributed by atoms with Crippen LogP contribution in [0.4, 0.5) is 0 Å². The van der Waals surface area contributed by atoms with E-state index in [9.17, 15) is 0 Å². The zero-order chi connectivity index (χ0) is 12.8. The Morgan fingerprint density at radius 3 is 2.65 bits per heavy atom. The van der Waals surface area contributed by atoms with E-state index in [2.05, 4.69) is 16.0 Å². The minimum Gasteiger partial charge on any atom is -0.326 e. The van der Waals surface area contributed by atoms with Crippen molar-refractivity contribution >= 4 is 0 Å². The molecule has 0 amide bonds. The van der Waals surface area contributed by atoms with E-state index < -0.39 is 0 Å². The van der Waals surface area contributed by atoms with Crippen molar-refractivity contribution in [3.63, 3.8) is 0 Å². The Morgan fingerprint density at radius 2 is 2.18 bits per heavy atom. The van der Waals surface area contributed by atoms with Gasteiger partial charge in [-0.05, 0) is 33.0 Å². The smallest absolute Gasteiger partial charge is 0.0671 e. The lowest BCUT2D eigenvalue weighted by Crippen LogP contribution is -2.42. The molecule has 1 heterocycles. The highest BCUT2D eigenvalue weighted by Crippen LogP contribution is 2.22. The van der Waals surface area contributed by atoms with Gasteiger partial charge in [-0.15, -0.1) is 0 Å². The van der Waals surface area contributed by atoms with Crippen LogP contribution in [0.15, 0.2) is 24.4 Å². The largest absolute Gasteiger partial charge is 0.326 e. The lowest BCUT2D eigenvalue weighted by molar-refractivity contribution is 0.163. The molecule has 4 nitrogen and oxygen atoms in total. The van der Waals surface area contributed by atoms with E-state index in [-0.39, 0.29) is 18.1 Å². The number of hydrogen-bond donors (Lipinski definition) is 1. The fourth-order valence-corrected chi connectivity index (χ4v) is 1.95. The van der Waals surface area contributed by atoms with Crippen LogP contribution in [0.3, 0.4) is 0 Å². The van der Waals surface area contributed by atoms with Crippen molar-refractivity contribution in [3.8, 4) is 6.07 Å². The Kier molecular flexibility index (Phi) is 5.08. The van der Waals surface area contributed by atoms with Crippen molar-refractivity contribution in [2.24, 2.45) is 5.73 Å². The van der Waals surface area contributed by atoms with E-state index in [0.717, 1.165) is 5.69 Å². The lowest BCUT2D eigenvalue weighted by atomic mass is 10.0. The molecule has 92 valence electrons. The molecule has 17 heavy (non-hydrogen) atoms. The zero-order valence-electron chi connectivity index (χ0n) is 10.7. The van der Waals surface area contributed by atoms with Crippen LogP contribution in [-0.4, -0.2) is 29.0 Å². The average molecular weight is 232 g/mol. The Balaban J connectivity index is 2.91. The SMILES string of the molecule is CC(N)C(c1ccccn1)N(C)C(C)CC#N.